The van der Waals surface area contributed by atoms with Crippen LogP contribution in [0, 0.1) is 32.4 Å². The number of nitrogens with one attached hydrogen (secondary N) is 1. The molecule has 1 aliphatic rings. The highest BCUT2D eigenvalue weighted by molar-refractivity contribution is 5.99. The lowest BCUT2D eigenvalue weighted by Gasteiger charge is -2.38. The van der Waals surface area contributed by atoms with Gasteiger partial charge in [-0.2, -0.15) is 13.2 Å². The summed E-state index contributed by atoms with van der Waals surface area (Å²) in [7, 11) is 1.67. The van der Waals surface area contributed by atoms with E-state index in [1.54, 1.807) is 31.3 Å². The SMILES string of the molecule is Cc1c(C)c(C)n(C)c(=O)c1-c1ccc(C[C@H](NC(=O)c2c(F)cc(N3CCOC[C@H]3C(F)(F)F)cc2F)C(=O)O)c2cccnc12. The molecule has 1 saturated heterocycles. The first-order chi connectivity index (χ1) is 22.1. The van der Waals surface area contributed by atoms with Gasteiger partial charge in [0.25, 0.3) is 11.5 Å². The van der Waals surface area contributed by atoms with Crippen LogP contribution in [0.4, 0.5) is 27.6 Å². The van der Waals surface area contributed by atoms with Crippen molar-refractivity contribution in [3.05, 3.63) is 92.5 Å². The molecule has 2 atom stereocenters. The molecular weight excluding hydrogens is 627 g/mol. The van der Waals surface area contributed by atoms with Crippen LogP contribution in [0.2, 0.25) is 0 Å². The van der Waals surface area contributed by atoms with Gasteiger partial charge in [-0.25, -0.2) is 13.6 Å². The molecular formula is C33H31F5N4O5. The summed E-state index contributed by atoms with van der Waals surface area (Å²) in [6.45, 7) is 4.44. The first kappa shape index (κ1) is 33.5. The van der Waals surface area contributed by atoms with Gasteiger partial charge in [-0.1, -0.05) is 18.2 Å². The van der Waals surface area contributed by atoms with Crippen LogP contribution in [0.3, 0.4) is 0 Å². The Morgan fingerprint density at radius 3 is 2.43 bits per heavy atom. The highest BCUT2D eigenvalue weighted by Gasteiger charge is 2.46. The number of anilines is 1. The van der Waals surface area contributed by atoms with Gasteiger partial charge in [0.2, 0.25) is 0 Å². The van der Waals surface area contributed by atoms with E-state index in [4.69, 9.17) is 4.74 Å². The van der Waals surface area contributed by atoms with Gasteiger partial charge in [-0.3, -0.25) is 14.6 Å². The Balaban J connectivity index is 1.46. The number of halogens is 5. The van der Waals surface area contributed by atoms with Crippen molar-refractivity contribution >= 4 is 28.5 Å². The topological polar surface area (TPSA) is 114 Å². The minimum Gasteiger partial charge on any atom is -0.480 e. The van der Waals surface area contributed by atoms with Gasteiger partial charge >= 0.3 is 12.1 Å². The van der Waals surface area contributed by atoms with E-state index in [9.17, 15) is 32.7 Å². The molecule has 3 heterocycles. The van der Waals surface area contributed by atoms with E-state index in [0.29, 0.717) is 39.7 Å². The molecule has 2 N–H and O–H groups in total. The van der Waals surface area contributed by atoms with E-state index >= 15 is 8.78 Å². The number of carbonyl (C=O) groups excluding carboxylic acids is 1. The molecule has 47 heavy (non-hydrogen) atoms. The van der Waals surface area contributed by atoms with Crippen LogP contribution in [0.15, 0.2) is 47.4 Å². The van der Waals surface area contributed by atoms with Crippen molar-refractivity contribution in [1.82, 2.24) is 14.9 Å². The van der Waals surface area contributed by atoms with Crippen molar-refractivity contribution in [3.8, 4) is 11.1 Å². The number of aromatic nitrogens is 2. The maximum Gasteiger partial charge on any atom is 0.411 e. The fourth-order valence-electron chi connectivity index (χ4n) is 5.90. The van der Waals surface area contributed by atoms with Crippen molar-refractivity contribution in [2.24, 2.45) is 7.05 Å². The minimum atomic E-state index is -4.75. The quantitative estimate of drug-likeness (QED) is 0.269. The Labute approximate surface area is 265 Å². The number of ether oxygens (including phenoxy) is 1. The van der Waals surface area contributed by atoms with E-state index in [1.807, 2.05) is 20.8 Å². The smallest absolute Gasteiger partial charge is 0.411 e. The second-order valence-electron chi connectivity index (χ2n) is 11.4. The molecule has 0 unspecified atom stereocenters. The van der Waals surface area contributed by atoms with Crippen LogP contribution in [-0.2, 0) is 23.0 Å². The number of benzene rings is 2. The monoisotopic (exact) mass is 658 g/mol. The van der Waals surface area contributed by atoms with E-state index in [-0.39, 0.29) is 25.1 Å². The number of hydrogen-bond donors (Lipinski definition) is 2. The maximum absolute atomic E-state index is 15.2. The molecule has 4 aromatic rings. The molecule has 2 aromatic carbocycles. The van der Waals surface area contributed by atoms with Crippen LogP contribution < -0.4 is 15.8 Å². The summed E-state index contributed by atoms with van der Waals surface area (Å²) in [4.78, 5) is 43.9. The van der Waals surface area contributed by atoms with Crippen LogP contribution in [0.1, 0.15) is 32.7 Å². The van der Waals surface area contributed by atoms with Crippen molar-refractivity contribution in [2.45, 2.75) is 45.5 Å². The van der Waals surface area contributed by atoms with E-state index < -0.39 is 59.6 Å². The van der Waals surface area contributed by atoms with Gasteiger partial charge in [0, 0.05) is 48.5 Å². The first-order valence-electron chi connectivity index (χ1n) is 14.6. The molecule has 0 spiro atoms. The number of amides is 1. The number of hydrogen-bond acceptors (Lipinski definition) is 6. The molecule has 14 heteroatoms. The third kappa shape index (κ3) is 6.29. The zero-order valence-electron chi connectivity index (χ0n) is 25.8. The lowest BCUT2D eigenvalue weighted by molar-refractivity contribution is -0.167. The fraction of sp³-hybridized carbons (Fsp3) is 0.333. The average Bonchev–Trinajstić information content (AvgIpc) is 3.02. The first-order valence-corrected chi connectivity index (χ1v) is 14.6. The van der Waals surface area contributed by atoms with Crippen molar-refractivity contribution < 1.29 is 41.4 Å². The summed E-state index contributed by atoms with van der Waals surface area (Å²) in [5.41, 5.74) is 2.46. The van der Waals surface area contributed by atoms with E-state index in [0.717, 1.165) is 21.7 Å². The number of rotatable bonds is 7. The van der Waals surface area contributed by atoms with Crippen molar-refractivity contribution in [2.75, 3.05) is 24.7 Å². The second-order valence-corrected chi connectivity index (χ2v) is 11.4. The van der Waals surface area contributed by atoms with Gasteiger partial charge in [0.05, 0.1) is 24.3 Å². The molecule has 0 radical (unpaired) electrons. The van der Waals surface area contributed by atoms with Crippen LogP contribution in [0.5, 0.6) is 0 Å². The zero-order valence-corrected chi connectivity index (χ0v) is 25.8. The predicted molar refractivity (Wildman–Crippen MR) is 164 cm³/mol. The fourth-order valence-corrected chi connectivity index (χ4v) is 5.90. The van der Waals surface area contributed by atoms with Gasteiger partial charge in [0.1, 0.15) is 29.3 Å². The molecule has 9 nitrogen and oxygen atoms in total. The normalized spacial score (nSPS) is 15.9. The molecule has 1 aliphatic heterocycles. The molecule has 1 fully saturated rings. The van der Waals surface area contributed by atoms with Crippen LogP contribution in [-0.4, -0.2) is 64.6 Å². The Bertz CT molecular complexity index is 1940. The zero-order chi connectivity index (χ0) is 34.4. The Morgan fingerprint density at radius 2 is 1.79 bits per heavy atom. The lowest BCUT2D eigenvalue weighted by atomic mass is 9.92. The Hall–Kier alpha value is -4.85. The predicted octanol–water partition coefficient (Wildman–Crippen LogP) is 5.00. The number of nitrogens with zero attached hydrogens (tertiary/aromatic N) is 3. The Morgan fingerprint density at radius 1 is 1.11 bits per heavy atom. The van der Waals surface area contributed by atoms with Crippen molar-refractivity contribution in [1.29, 1.82) is 0 Å². The summed E-state index contributed by atoms with van der Waals surface area (Å²) in [5.74, 6) is -5.82. The summed E-state index contributed by atoms with van der Waals surface area (Å²) in [5, 5.41) is 12.6. The van der Waals surface area contributed by atoms with E-state index in [2.05, 4.69) is 10.3 Å². The van der Waals surface area contributed by atoms with Gasteiger partial charge in [-0.15, -0.1) is 0 Å². The summed E-state index contributed by atoms with van der Waals surface area (Å²) in [6.07, 6.45) is -3.55. The summed E-state index contributed by atoms with van der Waals surface area (Å²) < 4.78 is 77.3. The number of carboxylic acids is 1. The number of fused-ring (bicyclic) bond motifs is 1. The number of pyridine rings is 2. The number of carbonyl (C=O) groups is 2. The van der Waals surface area contributed by atoms with Gasteiger partial charge in [-0.05, 0) is 55.7 Å². The molecule has 2 aromatic heterocycles. The third-order valence-electron chi connectivity index (χ3n) is 8.75. The molecule has 1 amide bonds. The molecule has 0 bridgehead atoms. The molecule has 5 rings (SSSR count). The number of alkyl halides is 3. The maximum atomic E-state index is 15.2. The highest BCUT2D eigenvalue weighted by atomic mass is 19.4. The number of aliphatic carboxylic acids is 1. The van der Waals surface area contributed by atoms with Gasteiger partial charge in [0.15, 0.2) is 0 Å². The van der Waals surface area contributed by atoms with Crippen LogP contribution >= 0.6 is 0 Å². The lowest BCUT2D eigenvalue weighted by Crippen LogP contribution is -2.53. The van der Waals surface area contributed by atoms with E-state index in [1.165, 1.54) is 10.8 Å². The molecule has 0 aliphatic carbocycles. The Kier molecular flexibility index (Phi) is 9.09. The molecule has 0 saturated carbocycles. The van der Waals surface area contributed by atoms with Crippen LogP contribution in [0.25, 0.3) is 22.0 Å². The second kappa shape index (κ2) is 12.7. The minimum absolute atomic E-state index is 0.107. The molecule has 248 valence electrons. The standard InChI is InChI=1S/C33H31F5N4O5/c1-16-17(2)27(31(44)41(4)18(16)3)22-8-7-19(21-6-5-9-39-29(21)22)12-25(32(45)46)40-30(43)28-23(34)13-20(14-24(28)35)42-10-11-47-15-26(42)33(36,37)38/h5-9,13-14,25-26H,10-12,15H2,1-4H3,(H,40,43)(H,45,46)/t25-,26-/m0/s1. The van der Waals surface area contributed by atoms with Crippen molar-refractivity contribution in [3.63, 3.8) is 0 Å². The third-order valence-corrected chi connectivity index (χ3v) is 8.75. The largest absolute Gasteiger partial charge is 0.480 e. The highest BCUT2D eigenvalue weighted by Crippen LogP contribution is 2.34. The summed E-state index contributed by atoms with van der Waals surface area (Å²) in [6, 6.07) is 3.94. The van der Waals surface area contributed by atoms with Gasteiger partial charge < -0.3 is 24.6 Å². The number of morpholine rings is 1. The number of carboxylic acid groups (broad SMARTS) is 1. The average molecular weight is 659 g/mol. The summed E-state index contributed by atoms with van der Waals surface area (Å²) >= 11 is 0.